The smallest absolute Gasteiger partial charge is 0.115 e. The van der Waals surface area contributed by atoms with Crippen molar-refractivity contribution in [3.63, 3.8) is 0 Å². The van der Waals surface area contributed by atoms with Crippen molar-refractivity contribution in [2.24, 2.45) is 0 Å². The zero-order valence-electron chi connectivity index (χ0n) is 8.17. The molecule has 74 valence electrons. The molecule has 0 aliphatic heterocycles. The van der Waals surface area contributed by atoms with Gasteiger partial charge in [0.2, 0.25) is 0 Å². The maximum absolute atomic E-state index is 5.67. The van der Waals surface area contributed by atoms with Crippen molar-refractivity contribution in [2.75, 3.05) is 5.73 Å². The van der Waals surface area contributed by atoms with E-state index in [-0.39, 0.29) is 0 Å². The van der Waals surface area contributed by atoms with Gasteiger partial charge in [0.1, 0.15) is 6.33 Å². The maximum atomic E-state index is 5.67. The lowest BCUT2D eigenvalue weighted by Gasteiger charge is -1.95. The first-order chi connectivity index (χ1) is 7.34. The molecule has 2 rings (SSSR count). The number of aromatic nitrogens is 2. The van der Waals surface area contributed by atoms with Gasteiger partial charge in [0.15, 0.2) is 0 Å². The van der Waals surface area contributed by atoms with Gasteiger partial charge in [-0.15, -0.1) is 0 Å². The Labute approximate surface area is 88.3 Å². The second kappa shape index (κ2) is 4.37. The molecule has 0 unspecified atom stereocenters. The molecule has 3 heteroatoms. The largest absolute Gasteiger partial charge is 0.399 e. The molecule has 3 nitrogen and oxygen atoms in total. The van der Waals surface area contributed by atoms with Gasteiger partial charge in [-0.05, 0) is 17.7 Å². The summed E-state index contributed by atoms with van der Waals surface area (Å²) in [6, 6.07) is 7.70. The van der Waals surface area contributed by atoms with Crippen molar-refractivity contribution in [1.29, 1.82) is 0 Å². The normalized spacial score (nSPS) is 10.7. The predicted octanol–water partition coefficient (Wildman–Crippen LogP) is 2.23. The molecule has 0 aliphatic rings. The third kappa shape index (κ3) is 2.64. The Morgan fingerprint density at radius 2 is 1.73 bits per heavy atom. The molecule has 2 aromatic rings. The summed E-state index contributed by atoms with van der Waals surface area (Å²) in [6.07, 6.45) is 8.97. The molecule has 0 radical (unpaired) electrons. The third-order valence-electron chi connectivity index (χ3n) is 1.96. The van der Waals surface area contributed by atoms with Crippen molar-refractivity contribution in [2.45, 2.75) is 0 Å². The van der Waals surface area contributed by atoms with Crippen molar-refractivity contribution >= 4 is 17.8 Å². The molecule has 1 heterocycles. The molecule has 0 bridgehead atoms. The zero-order valence-corrected chi connectivity index (χ0v) is 8.17. The first-order valence-electron chi connectivity index (χ1n) is 4.63. The fourth-order valence-electron chi connectivity index (χ4n) is 1.25. The first-order valence-corrected chi connectivity index (χ1v) is 4.63. The summed E-state index contributed by atoms with van der Waals surface area (Å²) in [5, 5.41) is 0. The quantitative estimate of drug-likeness (QED) is 0.751. The van der Waals surface area contributed by atoms with Crippen molar-refractivity contribution in [3.8, 4) is 0 Å². The summed E-state index contributed by atoms with van der Waals surface area (Å²) < 4.78 is 0. The molecule has 2 N–H and O–H groups in total. The van der Waals surface area contributed by atoms with Gasteiger partial charge in [-0.25, -0.2) is 9.97 Å². The van der Waals surface area contributed by atoms with E-state index in [0.717, 1.165) is 16.8 Å². The van der Waals surface area contributed by atoms with Crippen molar-refractivity contribution < 1.29 is 0 Å². The molecule has 0 atom stereocenters. The highest BCUT2D eigenvalue weighted by atomic mass is 14.8. The van der Waals surface area contributed by atoms with Gasteiger partial charge >= 0.3 is 0 Å². The lowest BCUT2D eigenvalue weighted by atomic mass is 10.1. The molecule has 1 aromatic heterocycles. The molecule has 0 saturated heterocycles. The van der Waals surface area contributed by atoms with E-state index in [1.165, 1.54) is 6.33 Å². The summed E-state index contributed by atoms with van der Waals surface area (Å²) >= 11 is 0. The molecule has 0 amide bonds. The second-order valence-corrected chi connectivity index (χ2v) is 3.18. The molecule has 0 saturated carbocycles. The standard InChI is InChI=1S/C12H11N3/c13-12-3-1-2-10(6-12)4-5-11-7-14-9-15-8-11/h1-9H,13H2. The second-order valence-electron chi connectivity index (χ2n) is 3.18. The van der Waals surface area contributed by atoms with E-state index in [1.807, 2.05) is 36.4 Å². The average molecular weight is 197 g/mol. The SMILES string of the molecule is Nc1cccc(C=Cc2cncnc2)c1. The Bertz CT molecular complexity index is 463. The van der Waals surface area contributed by atoms with Crippen LogP contribution in [0.2, 0.25) is 0 Å². The van der Waals surface area contributed by atoms with Crippen LogP contribution in [0.1, 0.15) is 11.1 Å². The minimum Gasteiger partial charge on any atom is -0.399 e. The number of nitrogen functional groups attached to an aromatic ring is 1. The van der Waals surface area contributed by atoms with Crippen LogP contribution >= 0.6 is 0 Å². The number of anilines is 1. The van der Waals surface area contributed by atoms with Crippen molar-refractivity contribution in [3.05, 3.63) is 54.1 Å². The fourth-order valence-corrected chi connectivity index (χ4v) is 1.25. The fraction of sp³-hybridized carbons (Fsp3) is 0. The monoisotopic (exact) mass is 197 g/mol. The predicted molar refractivity (Wildman–Crippen MR) is 61.8 cm³/mol. The zero-order chi connectivity index (χ0) is 10.5. The van der Waals surface area contributed by atoms with Crippen LogP contribution in [-0.4, -0.2) is 9.97 Å². The number of rotatable bonds is 2. The van der Waals surface area contributed by atoms with E-state index in [4.69, 9.17) is 5.73 Å². The molecule has 0 spiro atoms. The van der Waals surface area contributed by atoms with Crippen LogP contribution in [0.5, 0.6) is 0 Å². The number of benzene rings is 1. The van der Waals surface area contributed by atoms with Crippen molar-refractivity contribution in [1.82, 2.24) is 9.97 Å². The van der Waals surface area contributed by atoms with Crippen LogP contribution < -0.4 is 5.73 Å². The molecule has 0 aliphatic carbocycles. The summed E-state index contributed by atoms with van der Waals surface area (Å²) in [6.45, 7) is 0. The molecular weight excluding hydrogens is 186 g/mol. The number of nitrogens with zero attached hydrogens (tertiary/aromatic N) is 2. The Morgan fingerprint density at radius 3 is 2.47 bits per heavy atom. The van der Waals surface area contributed by atoms with E-state index in [9.17, 15) is 0 Å². The lowest BCUT2D eigenvalue weighted by molar-refractivity contribution is 1.16. The van der Waals surface area contributed by atoms with E-state index in [0.29, 0.717) is 0 Å². The van der Waals surface area contributed by atoms with E-state index < -0.39 is 0 Å². The molecule has 0 fully saturated rings. The van der Waals surface area contributed by atoms with Gasteiger partial charge in [0, 0.05) is 23.6 Å². The number of nitrogens with two attached hydrogens (primary N) is 1. The van der Waals surface area contributed by atoms with Gasteiger partial charge < -0.3 is 5.73 Å². The molecule has 1 aromatic carbocycles. The lowest BCUT2D eigenvalue weighted by Crippen LogP contribution is -1.83. The van der Waals surface area contributed by atoms with Crippen LogP contribution in [0.3, 0.4) is 0 Å². The first kappa shape index (κ1) is 9.40. The van der Waals surface area contributed by atoms with Crippen LogP contribution in [0.25, 0.3) is 12.2 Å². The third-order valence-corrected chi connectivity index (χ3v) is 1.96. The van der Waals surface area contributed by atoms with Crippen LogP contribution in [-0.2, 0) is 0 Å². The highest BCUT2D eigenvalue weighted by molar-refractivity contribution is 5.70. The Hall–Kier alpha value is -2.16. The highest BCUT2D eigenvalue weighted by Crippen LogP contribution is 2.10. The number of hydrogen-bond donors (Lipinski definition) is 1. The van der Waals surface area contributed by atoms with E-state index >= 15 is 0 Å². The van der Waals surface area contributed by atoms with E-state index in [2.05, 4.69) is 9.97 Å². The molecule has 15 heavy (non-hydrogen) atoms. The topological polar surface area (TPSA) is 51.8 Å². The minimum absolute atomic E-state index is 0.765. The van der Waals surface area contributed by atoms with Gasteiger partial charge in [0.05, 0.1) is 0 Å². The van der Waals surface area contributed by atoms with Gasteiger partial charge in [0.25, 0.3) is 0 Å². The Kier molecular flexibility index (Phi) is 2.74. The summed E-state index contributed by atoms with van der Waals surface area (Å²) in [5.41, 5.74) is 8.47. The minimum atomic E-state index is 0.765. The van der Waals surface area contributed by atoms with Crippen LogP contribution in [0, 0.1) is 0 Å². The van der Waals surface area contributed by atoms with Crippen LogP contribution in [0.15, 0.2) is 43.0 Å². The Balaban J connectivity index is 2.19. The highest BCUT2D eigenvalue weighted by Gasteiger charge is 1.88. The van der Waals surface area contributed by atoms with Gasteiger partial charge in [-0.3, -0.25) is 0 Å². The van der Waals surface area contributed by atoms with Gasteiger partial charge in [-0.2, -0.15) is 0 Å². The summed E-state index contributed by atoms with van der Waals surface area (Å²) in [7, 11) is 0. The maximum Gasteiger partial charge on any atom is 0.115 e. The van der Waals surface area contributed by atoms with E-state index in [1.54, 1.807) is 12.4 Å². The average Bonchev–Trinajstić information content (AvgIpc) is 2.28. The van der Waals surface area contributed by atoms with Gasteiger partial charge in [-0.1, -0.05) is 24.3 Å². The Morgan fingerprint density at radius 1 is 1.00 bits per heavy atom. The summed E-state index contributed by atoms with van der Waals surface area (Å²) in [4.78, 5) is 7.85. The van der Waals surface area contributed by atoms with Crippen LogP contribution in [0.4, 0.5) is 5.69 Å². The number of hydrogen-bond acceptors (Lipinski definition) is 3. The summed E-state index contributed by atoms with van der Waals surface area (Å²) in [5.74, 6) is 0. The molecular formula is C12H11N3.